The number of carbonyl (C=O) groups is 1. The number of halogens is 3. The monoisotopic (exact) mass is 269 g/mol. The van der Waals surface area contributed by atoms with Gasteiger partial charge in [-0.2, -0.15) is 13.2 Å². The summed E-state index contributed by atoms with van der Waals surface area (Å²) < 4.78 is 37.1. The Hall–Kier alpha value is -0.820. The third kappa shape index (κ3) is 7.50. The minimum atomic E-state index is -4.34. The van der Waals surface area contributed by atoms with Gasteiger partial charge in [-0.25, -0.2) is 0 Å². The molecule has 0 aromatic rings. The Morgan fingerprint density at radius 1 is 1.33 bits per heavy atom. The highest BCUT2D eigenvalue weighted by Crippen LogP contribution is 2.18. The molecule has 0 aliphatic carbocycles. The molecule has 1 atom stereocenters. The fourth-order valence-electron chi connectivity index (χ4n) is 1.45. The quantitative estimate of drug-likeness (QED) is 0.786. The minimum Gasteiger partial charge on any atom is -0.350 e. The van der Waals surface area contributed by atoms with Gasteiger partial charge in [0, 0.05) is 18.6 Å². The summed E-state index contributed by atoms with van der Waals surface area (Å²) in [6, 6.07) is -0.866. The number of alkyl halides is 3. The lowest BCUT2D eigenvalue weighted by Crippen LogP contribution is -2.53. The lowest BCUT2D eigenvalue weighted by molar-refractivity contribution is -0.154. The van der Waals surface area contributed by atoms with Crippen molar-refractivity contribution in [3.63, 3.8) is 0 Å². The van der Waals surface area contributed by atoms with Gasteiger partial charge in [0.2, 0.25) is 5.91 Å². The Labute approximate surface area is 106 Å². The first-order chi connectivity index (χ1) is 7.96. The third-order valence-corrected chi connectivity index (χ3v) is 2.22. The maximum absolute atomic E-state index is 12.4. The van der Waals surface area contributed by atoms with E-state index in [-0.39, 0.29) is 13.1 Å². The average Bonchev–Trinajstić information content (AvgIpc) is 2.11. The molecular formula is C11H22F3N3O. The number of amides is 1. The van der Waals surface area contributed by atoms with Crippen LogP contribution in [0, 0.1) is 0 Å². The van der Waals surface area contributed by atoms with Gasteiger partial charge >= 0.3 is 6.18 Å². The van der Waals surface area contributed by atoms with E-state index in [9.17, 15) is 18.0 Å². The molecule has 0 saturated heterocycles. The van der Waals surface area contributed by atoms with Crippen LogP contribution < -0.4 is 11.1 Å². The highest BCUT2D eigenvalue weighted by atomic mass is 19.4. The maximum atomic E-state index is 12.4. The number of nitrogens with zero attached hydrogens (tertiary/aromatic N) is 1. The smallest absolute Gasteiger partial charge is 0.350 e. The van der Waals surface area contributed by atoms with Crippen molar-refractivity contribution in [3.8, 4) is 0 Å². The molecule has 0 radical (unpaired) electrons. The first-order valence-corrected chi connectivity index (χ1v) is 5.79. The van der Waals surface area contributed by atoms with Crippen molar-refractivity contribution in [1.29, 1.82) is 0 Å². The Balaban J connectivity index is 4.65. The summed E-state index contributed by atoms with van der Waals surface area (Å²) in [5.41, 5.74) is 4.80. The van der Waals surface area contributed by atoms with Gasteiger partial charge in [0.05, 0.1) is 12.6 Å². The molecule has 0 aromatic heterocycles. The first-order valence-electron chi connectivity index (χ1n) is 5.79. The lowest BCUT2D eigenvalue weighted by Gasteiger charge is -2.31. The molecule has 0 spiro atoms. The first kappa shape index (κ1) is 17.2. The van der Waals surface area contributed by atoms with Crippen molar-refractivity contribution in [2.24, 2.45) is 5.73 Å². The molecule has 1 unspecified atom stereocenters. The van der Waals surface area contributed by atoms with Crippen molar-refractivity contribution >= 4 is 5.91 Å². The minimum absolute atomic E-state index is 0.0260. The standard InChI is InChI=1S/C11H22F3N3O/c1-8(9(18)16-10(2,3)4)17(6-5-15)7-11(12,13)14/h8H,5-7,15H2,1-4H3,(H,16,18). The Morgan fingerprint density at radius 3 is 2.17 bits per heavy atom. The number of hydrogen-bond donors (Lipinski definition) is 2. The summed E-state index contributed by atoms with van der Waals surface area (Å²) in [5, 5.41) is 2.65. The van der Waals surface area contributed by atoms with Crippen LogP contribution in [-0.4, -0.2) is 48.2 Å². The maximum Gasteiger partial charge on any atom is 0.401 e. The molecule has 7 heteroatoms. The van der Waals surface area contributed by atoms with Gasteiger partial charge in [-0.3, -0.25) is 9.69 Å². The predicted octanol–water partition coefficient (Wildman–Crippen LogP) is 1.11. The number of carbonyl (C=O) groups excluding carboxylic acids is 1. The number of hydrogen-bond acceptors (Lipinski definition) is 3. The molecule has 0 aliphatic heterocycles. The molecule has 3 N–H and O–H groups in total. The van der Waals surface area contributed by atoms with Crippen molar-refractivity contribution < 1.29 is 18.0 Å². The second-order valence-electron chi connectivity index (χ2n) is 5.29. The van der Waals surface area contributed by atoms with Gasteiger partial charge in [0.1, 0.15) is 0 Å². The molecule has 18 heavy (non-hydrogen) atoms. The lowest BCUT2D eigenvalue weighted by atomic mass is 10.1. The SMILES string of the molecule is CC(C(=O)NC(C)(C)C)N(CCN)CC(F)(F)F. The van der Waals surface area contributed by atoms with Gasteiger partial charge in [-0.1, -0.05) is 0 Å². The van der Waals surface area contributed by atoms with Gasteiger partial charge in [-0.15, -0.1) is 0 Å². The Kier molecular flexibility index (Phi) is 6.09. The van der Waals surface area contributed by atoms with Crippen LogP contribution in [0.4, 0.5) is 13.2 Å². The zero-order valence-electron chi connectivity index (χ0n) is 11.3. The fourth-order valence-corrected chi connectivity index (χ4v) is 1.45. The van der Waals surface area contributed by atoms with Gasteiger partial charge in [0.25, 0.3) is 0 Å². The second kappa shape index (κ2) is 6.38. The van der Waals surface area contributed by atoms with E-state index < -0.39 is 30.2 Å². The van der Waals surface area contributed by atoms with E-state index in [1.54, 1.807) is 20.8 Å². The van der Waals surface area contributed by atoms with Gasteiger partial charge in [0.15, 0.2) is 0 Å². The molecule has 0 bridgehead atoms. The van der Waals surface area contributed by atoms with E-state index in [0.717, 1.165) is 4.90 Å². The molecule has 0 saturated carbocycles. The van der Waals surface area contributed by atoms with Crippen LogP contribution in [0.5, 0.6) is 0 Å². The predicted molar refractivity (Wildman–Crippen MR) is 64.0 cm³/mol. The van der Waals surface area contributed by atoms with E-state index in [2.05, 4.69) is 5.32 Å². The molecule has 1 amide bonds. The van der Waals surface area contributed by atoms with E-state index in [4.69, 9.17) is 5.73 Å². The van der Waals surface area contributed by atoms with E-state index in [1.165, 1.54) is 6.92 Å². The van der Waals surface area contributed by atoms with E-state index in [1.807, 2.05) is 0 Å². The molecule has 108 valence electrons. The van der Waals surface area contributed by atoms with Crippen molar-refractivity contribution in [1.82, 2.24) is 10.2 Å². The van der Waals surface area contributed by atoms with Gasteiger partial charge in [-0.05, 0) is 27.7 Å². The van der Waals surface area contributed by atoms with Crippen molar-refractivity contribution in [3.05, 3.63) is 0 Å². The Bertz CT molecular complexity index is 274. The van der Waals surface area contributed by atoms with Crippen molar-refractivity contribution in [2.45, 2.75) is 45.5 Å². The van der Waals surface area contributed by atoms with Crippen LogP contribution in [0.2, 0.25) is 0 Å². The summed E-state index contributed by atoms with van der Waals surface area (Å²) in [4.78, 5) is 12.8. The largest absolute Gasteiger partial charge is 0.401 e. The van der Waals surface area contributed by atoms with Crippen LogP contribution in [-0.2, 0) is 4.79 Å². The van der Waals surface area contributed by atoms with Crippen molar-refractivity contribution in [2.75, 3.05) is 19.6 Å². The topological polar surface area (TPSA) is 58.4 Å². The summed E-state index contributed by atoms with van der Waals surface area (Å²) in [7, 11) is 0. The van der Waals surface area contributed by atoms with E-state index >= 15 is 0 Å². The molecule has 0 rings (SSSR count). The zero-order chi connectivity index (χ0) is 14.6. The molecule has 0 aromatic carbocycles. The highest BCUT2D eigenvalue weighted by molar-refractivity contribution is 5.81. The van der Waals surface area contributed by atoms with Crippen LogP contribution in [0.1, 0.15) is 27.7 Å². The number of nitrogens with one attached hydrogen (secondary N) is 1. The summed E-state index contributed by atoms with van der Waals surface area (Å²) in [6.07, 6.45) is -4.34. The number of rotatable bonds is 5. The summed E-state index contributed by atoms with van der Waals surface area (Å²) >= 11 is 0. The van der Waals surface area contributed by atoms with Gasteiger partial charge < -0.3 is 11.1 Å². The molecule has 0 heterocycles. The molecular weight excluding hydrogens is 247 g/mol. The van der Waals surface area contributed by atoms with E-state index in [0.29, 0.717) is 0 Å². The van der Waals surface area contributed by atoms with Crippen LogP contribution >= 0.6 is 0 Å². The summed E-state index contributed by atoms with van der Waals surface area (Å²) in [6.45, 7) is 5.73. The molecule has 0 fully saturated rings. The zero-order valence-corrected chi connectivity index (χ0v) is 11.3. The van der Waals surface area contributed by atoms with Crippen LogP contribution in [0.15, 0.2) is 0 Å². The Morgan fingerprint density at radius 2 is 1.83 bits per heavy atom. The number of nitrogens with two attached hydrogens (primary N) is 1. The average molecular weight is 269 g/mol. The molecule has 0 aliphatic rings. The fraction of sp³-hybridized carbons (Fsp3) is 0.909. The molecule has 4 nitrogen and oxygen atoms in total. The highest BCUT2D eigenvalue weighted by Gasteiger charge is 2.34. The third-order valence-electron chi connectivity index (χ3n) is 2.22. The van der Waals surface area contributed by atoms with Crippen LogP contribution in [0.25, 0.3) is 0 Å². The normalized spacial score (nSPS) is 14.7. The second-order valence-corrected chi connectivity index (χ2v) is 5.29. The van der Waals surface area contributed by atoms with Crippen LogP contribution in [0.3, 0.4) is 0 Å². The summed E-state index contributed by atoms with van der Waals surface area (Å²) in [5.74, 6) is -0.430.